The number of rotatable bonds is 8. The minimum absolute atomic E-state index is 0.0460. The fourth-order valence-corrected chi connectivity index (χ4v) is 3.87. The average Bonchev–Trinajstić information content (AvgIpc) is 2.56. The highest BCUT2D eigenvalue weighted by molar-refractivity contribution is 7.98. The molecule has 0 saturated carbocycles. The maximum Gasteiger partial charge on any atom is 0.119 e. The maximum absolute atomic E-state index is 9.89. The van der Waals surface area contributed by atoms with Crippen molar-refractivity contribution in [3.8, 4) is 5.75 Å². The lowest BCUT2D eigenvalue weighted by Crippen LogP contribution is -2.46. The number of likely N-dealkylation sites (tertiary alicyclic amines) is 1. The first-order valence-corrected chi connectivity index (χ1v) is 9.60. The van der Waals surface area contributed by atoms with Crippen molar-refractivity contribution in [3.63, 3.8) is 0 Å². The molecule has 124 valence electrons. The molecule has 0 amide bonds. The predicted molar refractivity (Wildman–Crippen MR) is 94.7 cm³/mol. The van der Waals surface area contributed by atoms with Crippen LogP contribution >= 0.6 is 11.8 Å². The highest BCUT2D eigenvalue weighted by atomic mass is 32.2. The van der Waals surface area contributed by atoms with E-state index in [0.29, 0.717) is 12.6 Å². The van der Waals surface area contributed by atoms with E-state index in [1.54, 1.807) is 0 Å². The van der Waals surface area contributed by atoms with Crippen LogP contribution in [0.25, 0.3) is 0 Å². The van der Waals surface area contributed by atoms with Crippen molar-refractivity contribution in [1.29, 1.82) is 0 Å². The monoisotopic (exact) mass is 323 g/mol. The SMILES string of the molecule is CSC[C@@H](C)N1CCC(CO)(CCOc2ccccc2)CC1. The Labute approximate surface area is 139 Å². The summed E-state index contributed by atoms with van der Waals surface area (Å²) in [6.45, 7) is 5.45. The van der Waals surface area contributed by atoms with Gasteiger partial charge in [0.25, 0.3) is 0 Å². The van der Waals surface area contributed by atoms with Gasteiger partial charge in [-0.1, -0.05) is 18.2 Å². The normalized spacial score (nSPS) is 19.8. The molecule has 1 aromatic rings. The van der Waals surface area contributed by atoms with Crippen molar-refractivity contribution in [1.82, 2.24) is 4.90 Å². The molecule has 1 atom stereocenters. The van der Waals surface area contributed by atoms with Crippen LogP contribution in [0.1, 0.15) is 26.2 Å². The zero-order valence-electron chi connectivity index (χ0n) is 13.8. The van der Waals surface area contributed by atoms with Crippen LogP contribution in [0.2, 0.25) is 0 Å². The first-order chi connectivity index (χ1) is 10.7. The zero-order chi connectivity index (χ0) is 15.8. The molecule has 0 aromatic heterocycles. The Hall–Kier alpha value is -0.710. The van der Waals surface area contributed by atoms with Gasteiger partial charge in [0, 0.05) is 18.4 Å². The van der Waals surface area contributed by atoms with Crippen LogP contribution in [-0.4, -0.2) is 54.4 Å². The maximum atomic E-state index is 9.89. The molecule has 1 saturated heterocycles. The Bertz CT molecular complexity index is 418. The molecule has 0 radical (unpaired) electrons. The smallest absolute Gasteiger partial charge is 0.119 e. The molecule has 1 aliphatic rings. The summed E-state index contributed by atoms with van der Waals surface area (Å²) in [5, 5.41) is 9.89. The molecule has 2 rings (SSSR count). The standard InChI is InChI=1S/C18H29NO2S/c1-16(14-22-2)19-11-8-18(15-20,9-12-19)10-13-21-17-6-4-3-5-7-17/h3-7,16,20H,8-15H2,1-2H3/t16-/m1/s1. The molecule has 0 spiro atoms. The van der Waals surface area contributed by atoms with Crippen molar-refractivity contribution < 1.29 is 9.84 Å². The quantitative estimate of drug-likeness (QED) is 0.796. The van der Waals surface area contributed by atoms with E-state index in [9.17, 15) is 5.11 Å². The molecule has 1 heterocycles. The Morgan fingerprint density at radius 3 is 2.55 bits per heavy atom. The molecule has 1 fully saturated rings. The van der Waals surface area contributed by atoms with E-state index in [1.807, 2.05) is 42.1 Å². The van der Waals surface area contributed by atoms with Gasteiger partial charge >= 0.3 is 0 Å². The van der Waals surface area contributed by atoms with E-state index >= 15 is 0 Å². The molecule has 0 aliphatic carbocycles. The van der Waals surface area contributed by atoms with Gasteiger partial charge in [-0.25, -0.2) is 0 Å². The number of ether oxygens (including phenoxy) is 1. The van der Waals surface area contributed by atoms with Crippen LogP contribution in [0.15, 0.2) is 30.3 Å². The molecular formula is C18H29NO2S. The summed E-state index contributed by atoms with van der Waals surface area (Å²) in [6, 6.07) is 10.6. The third-order valence-electron chi connectivity index (χ3n) is 4.87. The number of aliphatic hydroxyl groups excluding tert-OH is 1. The molecule has 4 heteroatoms. The van der Waals surface area contributed by atoms with Gasteiger partial charge in [-0.15, -0.1) is 0 Å². The third kappa shape index (κ3) is 4.90. The largest absolute Gasteiger partial charge is 0.494 e. The fourth-order valence-electron chi connectivity index (χ4n) is 3.18. The summed E-state index contributed by atoms with van der Waals surface area (Å²) in [7, 11) is 0. The van der Waals surface area contributed by atoms with Crippen LogP contribution in [0.5, 0.6) is 5.75 Å². The number of aliphatic hydroxyl groups is 1. The Morgan fingerprint density at radius 2 is 1.95 bits per heavy atom. The van der Waals surface area contributed by atoms with Crippen molar-refractivity contribution in [2.75, 3.05) is 38.3 Å². The van der Waals surface area contributed by atoms with Crippen molar-refractivity contribution in [3.05, 3.63) is 30.3 Å². The van der Waals surface area contributed by atoms with Gasteiger partial charge in [-0.05, 0) is 63.1 Å². The molecule has 0 bridgehead atoms. The van der Waals surface area contributed by atoms with E-state index < -0.39 is 0 Å². The highest BCUT2D eigenvalue weighted by Crippen LogP contribution is 2.35. The van der Waals surface area contributed by atoms with E-state index in [-0.39, 0.29) is 12.0 Å². The number of hydrogen-bond donors (Lipinski definition) is 1. The van der Waals surface area contributed by atoms with Crippen LogP contribution in [0.3, 0.4) is 0 Å². The average molecular weight is 324 g/mol. The van der Waals surface area contributed by atoms with Gasteiger partial charge < -0.3 is 9.84 Å². The minimum atomic E-state index is 0.0460. The number of hydrogen-bond acceptors (Lipinski definition) is 4. The van der Waals surface area contributed by atoms with Gasteiger partial charge in [-0.2, -0.15) is 11.8 Å². The summed E-state index contributed by atoms with van der Waals surface area (Å²) in [5.74, 6) is 2.10. The Balaban J connectivity index is 1.79. The van der Waals surface area contributed by atoms with Crippen LogP contribution < -0.4 is 4.74 Å². The topological polar surface area (TPSA) is 32.7 Å². The Morgan fingerprint density at radius 1 is 1.27 bits per heavy atom. The number of para-hydroxylation sites is 1. The van der Waals surface area contributed by atoms with Crippen LogP contribution in [0.4, 0.5) is 0 Å². The summed E-state index contributed by atoms with van der Waals surface area (Å²) in [5.41, 5.74) is 0.0460. The minimum Gasteiger partial charge on any atom is -0.494 e. The lowest BCUT2D eigenvalue weighted by atomic mass is 9.76. The lowest BCUT2D eigenvalue weighted by molar-refractivity contribution is 0.0181. The molecular weight excluding hydrogens is 294 g/mol. The van der Waals surface area contributed by atoms with Crippen molar-refractivity contribution in [2.45, 2.75) is 32.2 Å². The lowest BCUT2D eigenvalue weighted by Gasteiger charge is -2.43. The van der Waals surface area contributed by atoms with Crippen LogP contribution in [-0.2, 0) is 0 Å². The van der Waals surface area contributed by atoms with Crippen molar-refractivity contribution in [2.24, 2.45) is 5.41 Å². The van der Waals surface area contributed by atoms with Gasteiger partial charge in [0.05, 0.1) is 6.61 Å². The first kappa shape index (κ1) is 17.6. The molecule has 0 unspecified atom stereocenters. The number of nitrogens with zero attached hydrogens (tertiary/aromatic N) is 1. The van der Waals surface area contributed by atoms with Gasteiger partial charge in [0.2, 0.25) is 0 Å². The second kappa shape index (κ2) is 8.80. The molecule has 22 heavy (non-hydrogen) atoms. The third-order valence-corrected chi connectivity index (χ3v) is 5.69. The molecule has 1 aromatic carbocycles. The zero-order valence-corrected chi connectivity index (χ0v) is 14.6. The van der Waals surface area contributed by atoms with Gasteiger partial charge in [0.15, 0.2) is 0 Å². The van der Waals surface area contributed by atoms with Gasteiger partial charge in [0.1, 0.15) is 5.75 Å². The number of thioether (sulfide) groups is 1. The highest BCUT2D eigenvalue weighted by Gasteiger charge is 2.35. The summed E-state index contributed by atoms with van der Waals surface area (Å²) < 4.78 is 5.82. The van der Waals surface area contributed by atoms with E-state index in [2.05, 4.69) is 18.1 Å². The molecule has 1 aliphatic heterocycles. The summed E-state index contributed by atoms with van der Waals surface area (Å²) in [6.07, 6.45) is 5.24. The second-order valence-corrected chi connectivity index (χ2v) is 7.32. The Kier molecular flexibility index (Phi) is 7.06. The summed E-state index contributed by atoms with van der Waals surface area (Å²) >= 11 is 1.91. The fraction of sp³-hybridized carbons (Fsp3) is 0.667. The number of benzene rings is 1. The number of piperidine rings is 1. The second-order valence-electron chi connectivity index (χ2n) is 6.41. The van der Waals surface area contributed by atoms with Crippen molar-refractivity contribution >= 4 is 11.8 Å². The van der Waals surface area contributed by atoms with E-state index in [1.165, 1.54) is 5.75 Å². The van der Waals surface area contributed by atoms with E-state index in [0.717, 1.165) is 38.1 Å². The van der Waals surface area contributed by atoms with E-state index in [4.69, 9.17) is 4.74 Å². The molecule has 1 N–H and O–H groups in total. The first-order valence-electron chi connectivity index (χ1n) is 8.21. The predicted octanol–water partition coefficient (Wildman–Crippen LogP) is 3.28. The van der Waals surface area contributed by atoms with Crippen LogP contribution in [0, 0.1) is 5.41 Å². The van der Waals surface area contributed by atoms with Gasteiger partial charge in [-0.3, -0.25) is 4.90 Å². The summed E-state index contributed by atoms with van der Waals surface area (Å²) in [4.78, 5) is 2.56. The molecule has 3 nitrogen and oxygen atoms in total.